The number of carbonyl (C=O) groups is 2. The summed E-state index contributed by atoms with van der Waals surface area (Å²) in [5.74, 6) is 0.416. The van der Waals surface area contributed by atoms with E-state index in [-0.39, 0.29) is 17.9 Å². The molecular formula is C19H29N3O3. The normalized spacial score (nSPS) is 20.7. The number of hydrogen-bond acceptors (Lipinski definition) is 4. The van der Waals surface area contributed by atoms with Crippen molar-refractivity contribution < 1.29 is 14.3 Å². The first kappa shape index (κ1) is 19.2. The third kappa shape index (κ3) is 6.03. The van der Waals surface area contributed by atoms with E-state index in [1.165, 1.54) is 0 Å². The minimum absolute atomic E-state index is 0.0351. The summed E-state index contributed by atoms with van der Waals surface area (Å²) in [5, 5.41) is 5.78. The van der Waals surface area contributed by atoms with Crippen LogP contribution in [0.3, 0.4) is 0 Å². The molecule has 6 heteroatoms. The van der Waals surface area contributed by atoms with Crippen LogP contribution in [0.1, 0.15) is 57.6 Å². The molecule has 0 radical (unpaired) electrons. The number of aromatic nitrogens is 1. The van der Waals surface area contributed by atoms with E-state index in [0.717, 1.165) is 30.4 Å². The van der Waals surface area contributed by atoms with E-state index >= 15 is 0 Å². The summed E-state index contributed by atoms with van der Waals surface area (Å²) in [4.78, 5) is 28.7. The average molecular weight is 347 g/mol. The molecule has 1 saturated carbocycles. The van der Waals surface area contributed by atoms with Crippen LogP contribution in [-0.2, 0) is 9.53 Å². The van der Waals surface area contributed by atoms with Gasteiger partial charge in [0.1, 0.15) is 11.4 Å². The maximum Gasteiger partial charge on any atom is 0.407 e. The third-order valence-corrected chi connectivity index (χ3v) is 4.39. The molecule has 2 rings (SSSR count). The summed E-state index contributed by atoms with van der Waals surface area (Å²) in [6, 6.07) is 1.85. The predicted molar refractivity (Wildman–Crippen MR) is 97.5 cm³/mol. The second-order valence-electron chi connectivity index (χ2n) is 7.85. The van der Waals surface area contributed by atoms with Gasteiger partial charge in [-0.25, -0.2) is 9.78 Å². The van der Waals surface area contributed by atoms with Crippen LogP contribution < -0.4 is 10.6 Å². The van der Waals surface area contributed by atoms with Gasteiger partial charge in [-0.3, -0.25) is 4.79 Å². The summed E-state index contributed by atoms with van der Waals surface area (Å²) in [6.45, 7) is 9.48. The molecule has 1 aliphatic rings. The van der Waals surface area contributed by atoms with Crippen molar-refractivity contribution in [2.45, 2.75) is 71.9 Å². The summed E-state index contributed by atoms with van der Waals surface area (Å²) < 4.78 is 5.30. The molecule has 0 bridgehead atoms. The highest BCUT2D eigenvalue weighted by atomic mass is 16.6. The van der Waals surface area contributed by atoms with Gasteiger partial charge < -0.3 is 15.4 Å². The molecule has 0 unspecified atom stereocenters. The van der Waals surface area contributed by atoms with Crippen LogP contribution in [-0.4, -0.2) is 28.6 Å². The Kier molecular flexibility index (Phi) is 6.03. The first-order valence-corrected chi connectivity index (χ1v) is 8.87. The van der Waals surface area contributed by atoms with Gasteiger partial charge in [-0.15, -0.1) is 0 Å². The Bertz CT molecular complexity index is 637. The van der Waals surface area contributed by atoms with E-state index in [1.807, 2.05) is 40.7 Å². The second kappa shape index (κ2) is 7.85. The number of carbonyl (C=O) groups excluding carboxylic acids is 2. The Morgan fingerprint density at radius 1 is 1.20 bits per heavy atom. The molecule has 0 saturated heterocycles. The van der Waals surface area contributed by atoms with Crippen molar-refractivity contribution in [1.82, 2.24) is 10.3 Å². The molecule has 1 fully saturated rings. The van der Waals surface area contributed by atoms with Crippen molar-refractivity contribution in [1.29, 1.82) is 0 Å². The first-order valence-electron chi connectivity index (χ1n) is 8.87. The summed E-state index contributed by atoms with van der Waals surface area (Å²) in [5.41, 5.74) is 1.67. The lowest BCUT2D eigenvalue weighted by Gasteiger charge is -2.30. The van der Waals surface area contributed by atoms with E-state index in [2.05, 4.69) is 15.6 Å². The largest absolute Gasteiger partial charge is 0.444 e. The Hall–Kier alpha value is -2.11. The number of hydrogen-bond donors (Lipinski definition) is 2. The van der Waals surface area contributed by atoms with E-state index in [9.17, 15) is 9.59 Å². The molecule has 2 atom stereocenters. The maximum absolute atomic E-state index is 12.5. The standard InChI is InChI=1S/C19H29N3O3/c1-12-9-16(20-11-13(12)2)22-17(23)14-7-6-8-15(10-14)21-18(24)25-19(3,4)5/h9,11,14-15H,6-8,10H2,1-5H3,(H,21,24)(H,20,22,23)/t14-,15+/m0/s1. The summed E-state index contributed by atoms with van der Waals surface area (Å²) in [6.07, 6.45) is 4.55. The van der Waals surface area contributed by atoms with Gasteiger partial charge in [0.2, 0.25) is 5.91 Å². The number of nitrogens with zero attached hydrogens (tertiary/aromatic N) is 1. The van der Waals surface area contributed by atoms with Gasteiger partial charge in [0.25, 0.3) is 0 Å². The van der Waals surface area contributed by atoms with Crippen LogP contribution in [0.4, 0.5) is 10.6 Å². The van der Waals surface area contributed by atoms with Crippen molar-refractivity contribution in [2.75, 3.05) is 5.32 Å². The molecule has 2 amide bonds. The lowest BCUT2D eigenvalue weighted by Crippen LogP contribution is -2.43. The third-order valence-electron chi connectivity index (χ3n) is 4.39. The molecule has 1 aliphatic carbocycles. The zero-order valence-corrected chi connectivity index (χ0v) is 15.8. The summed E-state index contributed by atoms with van der Waals surface area (Å²) >= 11 is 0. The zero-order chi connectivity index (χ0) is 18.6. The minimum Gasteiger partial charge on any atom is -0.444 e. The van der Waals surface area contributed by atoms with Crippen molar-refractivity contribution >= 4 is 17.8 Å². The predicted octanol–water partition coefficient (Wildman–Crippen LogP) is 3.72. The van der Waals surface area contributed by atoms with E-state index in [1.54, 1.807) is 6.20 Å². The molecule has 6 nitrogen and oxygen atoms in total. The van der Waals surface area contributed by atoms with E-state index < -0.39 is 11.7 Å². The monoisotopic (exact) mass is 347 g/mol. The van der Waals surface area contributed by atoms with Crippen LogP contribution in [0.5, 0.6) is 0 Å². The lowest BCUT2D eigenvalue weighted by atomic mass is 9.85. The SMILES string of the molecule is Cc1cnc(NC(=O)[C@H]2CCC[C@@H](NC(=O)OC(C)(C)C)C2)cc1C. The van der Waals surface area contributed by atoms with Crippen molar-refractivity contribution in [3.8, 4) is 0 Å². The Morgan fingerprint density at radius 3 is 2.56 bits per heavy atom. The molecule has 0 aliphatic heterocycles. The van der Waals surface area contributed by atoms with Crippen LogP contribution in [0, 0.1) is 19.8 Å². The van der Waals surface area contributed by atoms with E-state index in [4.69, 9.17) is 4.74 Å². The number of amides is 2. The number of rotatable bonds is 3. The van der Waals surface area contributed by atoms with Crippen molar-refractivity contribution in [3.63, 3.8) is 0 Å². The molecule has 2 N–H and O–H groups in total. The number of ether oxygens (including phenoxy) is 1. The Morgan fingerprint density at radius 2 is 1.92 bits per heavy atom. The number of anilines is 1. The highest BCUT2D eigenvalue weighted by molar-refractivity contribution is 5.91. The molecular weight excluding hydrogens is 318 g/mol. The van der Waals surface area contributed by atoms with Crippen molar-refractivity contribution in [2.24, 2.45) is 5.92 Å². The number of aryl methyl sites for hydroxylation is 2. The molecule has 1 heterocycles. The number of pyridine rings is 1. The molecule has 25 heavy (non-hydrogen) atoms. The number of alkyl carbamates (subject to hydrolysis) is 1. The molecule has 1 aromatic heterocycles. The van der Waals surface area contributed by atoms with Gasteiger partial charge in [-0.1, -0.05) is 6.42 Å². The highest BCUT2D eigenvalue weighted by Gasteiger charge is 2.29. The average Bonchev–Trinajstić information content (AvgIpc) is 2.49. The fourth-order valence-corrected chi connectivity index (χ4v) is 2.95. The van der Waals surface area contributed by atoms with Gasteiger partial charge in [0, 0.05) is 18.2 Å². The smallest absolute Gasteiger partial charge is 0.407 e. The van der Waals surface area contributed by atoms with Crippen molar-refractivity contribution in [3.05, 3.63) is 23.4 Å². The summed E-state index contributed by atoms with van der Waals surface area (Å²) in [7, 11) is 0. The maximum atomic E-state index is 12.5. The topological polar surface area (TPSA) is 80.3 Å². The Labute approximate surface area is 149 Å². The minimum atomic E-state index is -0.523. The molecule has 0 spiro atoms. The van der Waals surface area contributed by atoms with Crippen LogP contribution in [0.25, 0.3) is 0 Å². The van der Waals surface area contributed by atoms with Gasteiger partial charge in [0.05, 0.1) is 0 Å². The van der Waals surface area contributed by atoms with Crippen LogP contribution in [0.15, 0.2) is 12.3 Å². The second-order valence-corrected chi connectivity index (χ2v) is 7.85. The van der Waals surface area contributed by atoms with Gasteiger partial charge >= 0.3 is 6.09 Å². The Balaban J connectivity index is 1.90. The van der Waals surface area contributed by atoms with Crippen LogP contribution in [0.2, 0.25) is 0 Å². The van der Waals surface area contributed by atoms with Crippen LogP contribution >= 0.6 is 0 Å². The van der Waals surface area contributed by atoms with Gasteiger partial charge in [-0.2, -0.15) is 0 Å². The zero-order valence-electron chi connectivity index (χ0n) is 15.8. The molecule has 1 aromatic rings. The quantitative estimate of drug-likeness (QED) is 0.873. The first-order chi connectivity index (χ1) is 11.6. The van der Waals surface area contributed by atoms with E-state index in [0.29, 0.717) is 12.2 Å². The molecule has 138 valence electrons. The fraction of sp³-hybridized carbons (Fsp3) is 0.632. The number of nitrogens with one attached hydrogen (secondary N) is 2. The van der Waals surface area contributed by atoms with Gasteiger partial charge in [-0.05, 0) is 71.1 Å². The molecule has 0 aromatic carbocycles. The van der Waals surface area contributed by atoms with Gasteiger partial charge in [0.15, 0.2) is 0 Å². The highest BCUT2D eigenvalue weighted by Crippen LogP contribution is 2.26. The fourth-order valence-electron chi connectivity index (χ4n) is 2.95. The lowest BCUT2D eigenvalue weighted by molar-refractivity contribution is -0.121.